The second kappa shape index (κ2) is 11.0. The molecular formula is C25H28F2O4. The van der Waals surface area contributed by atoms with Gasteiger partial charge in [-0.2, -0.15) is 8.78 Å². The van der Waals surface area contributed by atoms with Gasteiger partial charge in [-0.05, 0) is 74.3 Å². The first-order chi connectivity index (χ1) is 15.0. The third-order valence-corrected chi connectivity index (χ3v) is 5.57. The fourth-order valence-electron chi connectivity index (χ4n) is 3.90. The lowest BCUT2D eigenvalue weighted by Crippen LogP contribution is -2.13. The molecule has 0 radical (unpaired) electrons. The summed E-state index contributed by atoms with van der Waals surface area (Å²) in [5, 5.41) is 0. The van der Waals surface area contributed by atoms with Crippen molar-refractivity contribution < 1.29 is 27.8 Å². The molecular weight excluding hydrogens is 402 g/mol. The molecule has 31 heavy (non-hydrogen) atoms. The van der Waals surface area contributed by atoms with Crippen LogP contribution >= 0.6 is 0 Å². The molecule has 0 heterocycles. The fourth-order valence-corrected chi connectivity index (χ4v) is 3.90. The van der Waals surface area contributed by atoms with Gasteiger partial charge in [0, 0.05) is 7.11 Å². The normalized spacial score (nSPS) is 18.8. The Morgan fingerprint density at radius 1 is 1.00 bits per heavy atom. The molecule has 0 unspecified atom stereocenters. The molecule has 4 nitrogen and oxygen atoms in total. The van der Waals surface area contributed by atoms with Crippen LogP contribution in [-0.2, 0) is 4.74 Å². The Hall–Kier alpha value is -2.73. The first kappa shape index (κ1) is 22.9. The number of rotatable bonds is 8. The minimum Gasteiger partial charge on any atom is -0.491 e. The molecule has 1 saturated carbocycles. The summed E-state index contributed by atoms with van der Waals surface area (Å²) in [7, 11) is 1.69. The van der Waals surface area contributed by atoms with E-state index in [0.717, 1.165) is 25.7 Å². The molecule has 0 atom stereocenters. The molecule has 1 aliphatic rings. The number of esters is 1. The Morgan fingerprint density at radius 3 is 2.29 bits per heavy atom. The summed E-state index contributed by atoms with van der Waals surface area (Å²) >= 11 is 0. The highest BCUT2D eigenvalue weighted by atomic mass is 19.2. The maximum absolute atomic E-state index is 14.2. The number of halogens is 2. The van der Waals surface area contributed by atoms with Crippen molar-refractivity contribution in [3.63, 3.8) is 0 Å². The molecule has 0 saturated heterocycles. The van der Waals surface area contributed by atoms with Crippen LogP contribution in [0.4, 0.5) is 8.78 Å². The van der Waals surface area contributed by atoms with Crippen LogP contribution in [0.5, 0.6) is 11.5 Å². The van der Waals surface area contributed by atoms with Gasteiger partial charge in [-0.15, -0.1) is 0 Å². The van der Waals surface area contributed by atoms with Gasteiger partial charge >= 0.3 is 5.97 Å². The molecule has 0 N–H and O–H groups in total. The first-order valence-electron chi connectivity index (χ1n) is 10.6. The van der Waals surface area contributed by atoms with Crippen LogP contribution in [0.1, 0.15) is 54.4 Å². The Labute approximate surface area is 181 Å². The summed E-state index contributed by atoms with van der Waals surface area (Å²) in [4.78, 5) is 12.4. The van der Waals surface area contributed by atoms with Gasteiger partial charge in [0.2, 0.25) is 11.6 Å². The van der Waals surface area contributed by atoms with E-state index < -0.39 is 23.4 Å². The Balaban J connectivity index is 1.59. The van der Waals surface area contributed by atoms with Crippen molar-refractivity contribution >= 4 is 5.97 Å². The predicted molar refractivity (Wildman–Crippen MR) is 115 cm³/mol. The topological polar surface area (TPSA) is 44.8 Å². The highest BCUT2D eigenvalue weighted by Gasteiger charge is 2.22. The highest BCUT2D eigenvalue weighted by Crippen LogP contribution is 2.36. The summed E-state index contributed by atoms with van der Waals surface area (Å²) in [6.07, 6.45) is 8.73. The highest BCUT2D eigenvalue weighted by molar-refractivity contribution is 5.91. The van der Waals surface area contributed by atoms with E-state index in [4.69, 9.17) is 14.2 Å². The number of allylic oxidation sites excluding steroid dienone is 1. The molecule has 0 bridgehead atoms. The van der Waals surface area contributed by atoms with Gasteiger partial charge in [0.05, 0.1) is 18.8 Å². The quantitative estimate of drug-likeness (QED) is 0.290. The molecule has 1 aliphatic carbocycles. The van der Waals surface area contributed by atoms with Crippen molar-refractivity contribution in [3.05, 3.63) is 71.3 Å². The SMILES string of the molecule is CCOc1ccc(OC(=O)c2ccc(C3CCC(C=CCOC)CC3)cc2)c(F)c1F. The van der Waals surface area contributed by atoms with E-state index in [-0.39, 0.29) is 17.9 Å². The molecule has 0 spiro atoms. The van der Waals surface area contributed by atoms with Crippen molar-refractivity contribution in [3.8, 4) is 11.5 Å². The van der Waals surface area contributed by atoms with Crippen molar-refractivity contribution in [2.45, 2.75) is 38.5 Å². The average molecular weight is 430 g/mol. The summed E-state index contributed by atoms with van der Waals surface area (Å²) in [6.45, 7) is 2.51. The molecule has 166 valence electrons. The average Bonchev–Trinajstić information content (AvgIpc) is 2.79. The monoisotopic (exact) mass is 430 g/mol. The number of benzene rings is 2. The zero-order valence-corrected chi connectivity index (χ0v) is 17.9. The van der Waals surface area contributed by atoms with E-state index in [2.05, 4.69) is 12.2 Å². The summed E-state index contributed by atoms with van der Waals surface area (Å²) < 4.78 is 43.2. The van der Waals surface area contributed by atoms with E-state index in [0.29, 0.717) is 18.4 Å². The van der Waals surface area contributed by atoms with Crippen molar-refractivity contribution in [1.29, 1.82) is 0 Å². The first-order valence-corrected chi connectivity index (χ1v) is 10.6. The molecule has 6 heteroatoms. The van der Waals surface area contributed by atoms with E-state index >= 15 is 0 Å². The van der Waals surface area contributed by atoms with Gasteiger partial charge < -0.3 is 14.2 Å². The van der Waals surface area contributed by atoms with Crippen LogP contribution in [0.15, 0.2) is 48.6 Å². The van der Waals surface area contributed by atoms with Crippen molar-refractivity contribution in [2.24, 2.45) is 5.92 Å². The Kier molecular flexibility index (Phi) is 8.18. The van der Waals surface area contributed by atoms with Gasteiger partial charge in [-0.25, -0.2) is 4.79 Å². The maximum Gasteiger partial charge on any atom is 0.343 e. The van der Waals surface area contributed by atoms with E-state index in [9.17, 15) is 13.6 Å². The minimum atomic E-state index is -1.24. The number of ether oxygens (including phenoxy) is 3. The third-order valence-electron chi connectivity index (χ3n) is 5.57. The Morgan fingerprint density at radius 2 is 1.65 bits per heavy atom. The van der Waals surface area contributed by atoms with Crippen LogP contribution < -0.4 is 9.47 Å². The minimum absolute atomic E-state index is 0.202. The molecule has 1 fully saturated rings. The summed E-state index contributed by atoms with van der Waals surface area (Å²) in [5.41, 5.74) is 1.46. The molecule has 0 aromatic heterocycles. The van der Waals surface area contributed by atoms with Crippen LogP contribution in [0.3, 0.4) is 0 Å². The maximum atomic E-state index is 14.2. The summed E-state index contributed by atoms with van der Waals surface area (Å²) in [6, 6.07) is 9.61. The zero-order chi connectivity index (χ0) is 22.2. The van der Waals surface area contributed by atoms with Crippen LogP contribution in [0.2, 0.25) is 0 Å². The molecule has 0 aliphatic heterocycles. The van der Waals surface area contributed by atoms with Gasteiger partial charge in [0.25, 0.3) is 0 Å². The lowest BCUT2D eigenvalue weighted by atomic mass is 9.78. The predicted octanol–water partition coefficient (Wildman–Crippen LogP) is 6.06. The molecule has 2 aromatic carbocycles. The van der Waals surface area contributed by atoms with Gasteiger partial charge in [0.1, 0.15) is 0 Å². The number of carbonyl (C=O) groups is 1. The number of hydrogen-bond donors (Lipinski definition) is 0. The lowest BCUT2D eigenvalue weighted by Gasteiger charge is -2.27. The van der Waals surface area contributed by atoms with E-state index in [1.54, 1.807) is 26.2 Å². The van der Waals surface area contributed by atoms with E-state index in [1.165, 1.54) is 17.7 Å². The lowest BCUT2D eigenvalue weighted by molar-refractivity contribution is 0.0726. The van der Waals surface area contributed by atoms with Gasteiger partial charge in [0.15, 0.2) is 11.5 Å². The Bertz CT molecular complexity index is 900. The van der Waals surface area contributed by atoms with Crippen LogP contribution in [-0.4, -0.2) is 26.3 Å². The third kappa shape index (κ3) is 5.91. The fraction of sp³-hybridized carbons (Fsp3) is 0.400. The van der Waals surface area contributed by atoms with Gasteiger partial charge in [-0.1, -0.05) is 24.3 Å². The summed E-state index contributed by atoms with van der Waals surface area (Å²) in [5.74, 6) is -2.79. The smallest absolute Gasteiger partial charge is 0.343 e. The van der Waals surface area contributed by atoms with Crippen LogP contribution in [0, 0.1) is 17.6 Å². The zero-order valence-electron chi connectivity index (χ0n) is 17.9. The van der Waals surface area contributed by atoms with E-state index in [1.807, 2.05) is 12.1 Å². The van der Waals surface area contributed by atoms with Crippen LogP contribution in [0.25, 0.3) is 0 Å². The second-order valence-corrected chi connectivity index (χ2v) is 7.63. The standard InChI is InChI=1S/C25H28F2O4/c1-3-30-21-14-15-22(24(27)23(21)26)31-25(28)20-12-10-19(11-13-20)18-8-6-17(7-9-18)5-4-16-29-2/h4-5,10-15,17-18H,3,6-9,16H2,1-2H3. The van der Waals surface area contributed by atoms with Gasteiger partial charge in [-0.3, -0.25) is 0 Å². The molecule has 0 amide bonds. The molecule has 3 rings (SSSR count). The second-order valence-electron chi connectivity index (χ2n) is 7.63. The number of methoxy groups -OCH3 is 1. The number of hydrogen-bond acceptors (Lipinski definition) is 4. The largest absolute Gasteiger partial charge is 0.491 e. The number of carbonyl (C=O) groups excluding carboxylic acids is 1. The van der Waals surface area contributed by atoms with Crippen molar-refractivity contribution in [1.82, 2.24) is 0 Å². The molecule has 2 aromatic rings. The van der Waals surface area contributed by atoms with Crippen molar-refractivity contribution in [2.75, 3.05) is 20.3 Å².